The van der Waals surface area contributed by atoms with E-state index >= 15 is 0 Å². The third-order valence-corrected chi connectivity index (χ3v) is 6.38. The topological polar surface area (TPSA) is 24.9 Å². The van der Waals surface area contributed by atoms with Gasteiger partial charge in [0.25, 0.3) is 0 Å². The molecule has 0 radical (unpaired) electrons. The molecule has 39 heavy (non-hydrogen) atoms. The van der Waals surface area contributed by atoms with E-state index in [1.54, 1.807) is 30.3 Å². The monoisotopic (exact) mass is 570 g/mol. The summed E-state index contributed by atoms with van der Waals surface area (Å²) in [6, 6.07) is 15.9. The lowest BCUT2D eigenvalue weighted by atomic mass is 9.79. The van der Waals surface area contributed by atoms with Crippen LogP contribution in [0.2, 0.25) is 5.02 Å². The molecular weight excluding hydrogens is 552 g/mol. The summed E-state index contributed by atoms with van der Waals surface area (Å²) in [5.41, 5.74) is -4.49. The number of nitrogens with zero attached hydrogens (tertiary/aromatic N) is 1. The molecule has 4 aromatic rings. The van der Waals surface area contributed by atoms with Gasteiger partial charge < -0.3 is 0 Å². The molecule has 3 aromatic carbocycles. The highest BCUT2D eigenvalue weighted by Gasteiger charge is 2.40. The molecule has 1 atom stereocenters. The number of halogens is 9. The standard InChI is InChI=1S/C28H19ClF8N2/c29-21-9-10-24(38-16-21)26(14-17-5-2-1-3-6-17,19-11-20(27(32,33)34)13-22(30)12-19)39-15-18-7-4-8-23(25(18)31)28(35,36)37/h1-13,16,39H,14-15H2. The molecule has 1 unspecified atom stereocenters. The SMILES string of the molecule is Fc1cc(C(F)(F)F)cc(C(Cc2ccccc2)(NCc2cccc(C(F)(F)F)c2F)c2ccc(Cl)cn2)c1. The van der Waals surface area contributed by atoms with E-state index < -0.39 is 52.8 Å². The summed E-state index contributed by atoms with van der Waals surface area (Å²) in [4.78, 5) is 4.26. The lowest BCUT2D eigenvalue weighted by Crippen LogP contribution is -2.46. The maximum absolute atomic E-state index is 14.9. The van der Waals surface area contributed by atoms with E-state index in [0.29, 0.717) is 17.7 Å². The summed E-state index contributed by atoms with van der Waals surface area (Å²) < 4.78 is 111. The Balaban J connectivity index is 1.94. The molecule has 0 aliphatic rings. The van der Waals surface area contributed by atoms with Crippen molar-refractivity contribution in [3.05, 3.63) is 135 Å². The Morgan fingerprint density at radius 3 is 2.05 bits per heavy atom. The van der Waals surface area contributed by atoms with Crippen LogP contribution in [0.4, 0.5) is 35.1 Å². The third kappa shape index (κ3) is 6.39. The number of alkyl halides is 6. The van der Waals surface area contributed by atoms with Crippen molar-refractivity contribution in [3.63, 3.8) is 0 Å². The lowest BCUT2D eigenvalue weighted by molar-refractivity contribution is -0.140. The predicted octanol–water partition coefficient (Wildman–Crippen LogP) is 8.33. The Morgan fingerprint density at radius 2 is 1.44 bits per heavy atom. The third-order valence-electron chi connectivity index (χ3n) is 6.16. The van der Waals surface area contributed by atoms with E-state index in [2.05, 4.69) is 10.3 Å². The van der Waals surface area contributed by atoms with Gasteiger partial charge in [-0.15, -0.1) is 0 Å². The number of nitrogens with one attached hydrogen (secondary N) is 1. The highest BCUT2D eigenvalue weighted by atomic mass is 35.5. The first-order valence-electron chi connectivity index (χ1n) is 11.4. The van der Waals surface area contributed by atoms with E-state index in [0.717, 1.165) is 24.3 Å². The van der Waals surface area contributed by atoms with Crippen molar-refractivity contribution < 1.29 is 35.1 Å². The van der Waals surface area contributed by atoms with Crippen molar-refractivity contribution in [1.82, 2.24) is 10.3 Å². The number of rotatable bonds is 7. The minimum absolute atomic E-state index is 0.0851. The molecule has 0 bridgehead atoms. The molecule has 0 aliphatic carbocycles. The van der Waals surface area contributed by atoms with Crippen LogP contribution in [0.1, 0.15) is 33.5 Å². The summed E-state index contributed by atoms with van der Waals surface area (Å²) in [7, 11) is 0. The van der Waals surface area contributed by atoms with Gasteiger partial charge in [-0.05, 0) is 47.5 Å². The fourth-order valence-electron chi connectivity index (χ4n) is 4.31. The van der Waals surface area contributed by atoms with Gasteiger partial charge in [-0.3, -0.25) is 10.3 Å². The molecule has 1 aromatic heterocycles. The molecule has 0 aliphatic heterocycles. The molecule has 0 saturated heterocycles. The second-order valence-corrected chi connectivity index (χ2v) is 9.22. The van der Waals surface area contributed by atoms with Crippen LogP contribution in [0.5, 0.6) is 0 Å². The summed E-state index contributed by atoms with van der Waals surface area (Å²) in [6.07, 6.45) is -8.77. The van der Waals surface area contributed by atoms with E-state index in [-0.39, 0.29) is 22.7 Å². The van der Waals surface area contributed by atoms with E-state index in [1.165, 1.54) is 18.3 Å². The molecule has 1 heterocycles. The summed E-state index contributed by atoms with van der Waals surface area (Å²) in [5.74, 6) is -2.73. The van der Waals surface area contributed by atoms with Gasteiger partial charge >= 0.3 is 12.4 Å². The molecule has 0 saturated carbocycles. The van der Waals surface area contributed by atoms with Crippen LogP contribution in [-0.2, 0) is 30.9 Å². The first-order valence-corrected chi connectivity index (χ1v) is 11.8. The number of aromatic nitrogens is 1. The molecule has 2 nitrogen and oxygen atoms in total. The zero-order chi connectivity index (χ0) is 28.4. The van der Waals surface area contributed by atoms with Crippen molar-refractivity contribution in [3.8, 4) is 0 Å². The molecule has 0 fully saturated rings. The average molecular weight is 571 g/mol. The minimum Gasteiger partial charge on any atom is -0.298 e. The molecule has 204 valence electrons. The van der Waals surface area contributed by atoms with Crippen molar-refractivity contribution in [2.45, 2.75) is 30.9 Å². The quantitative estimate of drug-likeness (QED) is 0.226. The fraction of sp³-hybridized carbons (Fsp3) is 0.179. The molecule has 0 spiro atoms. The maximum Gasteiger partial charge on any atom is 0.419 e. The Labute approximate surface area is 223 Å². The first-order chi connectivity index (χ1) is 18.3. The minimum atomic E-state index is -4.97. The van der Waals surface area contributed by atoms with Crippen molar-refractivity contribution in [2.75, 3.05) is 0 Å². The summed E-state index contributed by atoms with van der Waals surface area (Å²) in [5, 5.41) is 3.13. The predicted molar refractivity (Wildman–Crippen MR) is 130 cm³/mol. The zero-order valence-corrected chi connectivity index (χ0v) is 20.6. The normalized spacial score (nSPS) is 13.8. The fourth-order valence-corrected chi connectivity index (χ4v) is 4.42. The van der Waals surface area contributed by atoms with E-state index in [4.69, 9.17) is 11.6 Å². The van der Waals surface area contributed by atoms with Crippen LogP contribution in [-0.4, -0.2) is 4.98 Å². The summed E-state index contributed by atoms with van der Waals surface area (Å²) in [6.45, 7) is -0.565. The van der Waals surface area contributed by atoms with E-state index in [9.17, 15) is 35.1 Å². The van der Waals surface area contributed by atoms with Crippen molar-refractivity contribution >= 4 is 11.6 Å². The second kappa shape index (κ2) is 10.9. The van der Waals surface area contributed by atoms with Gasteiger partial charge in [-0.2, -0.15) is 26.3 Å². The Hall–Kier alpha value is -3.50. The first kappa shape index (κ1) is 28.5. The van der Waals surface area contributed by atoms with Gasteiger partial charge in [0.2, 0.25) is 0 Å². The Morgan fingerprint density at radius 1 is 0.744 bits per heavy atom. The largest absolute Gasteiger partial charge is 0.419 e. The molecule has 0 amide bonds. The Kier molecular flexibility index (Phi) is 7.99. The zero-order valence-electron chi connectivity index (χ0n) is 19.8. The number of hydrogen-bond acceptors (Lipinski definition) is 2. The summed E-state index contributed by atoms with van der Waals surface area (Å²) >= 11 is 5.98. The number of hydrogen-bond donors (Lipinski definition) is 1. The van der Waals surface area contributed by atoms with Gasteiger partial charge in [0, 0.05) is 24.7 Å². The molecule has 1 N–H and O–H groups in total. The highest BCUT2D eigenvalue weighted by Crippen LogP contribution is 2.39. The van der Waals surface area contributed by atoms with E-state index in [1.807, 2.05) is 0 Å². The van der Waals surface area contributed by atoms with Gasteiger partial charge in [0.1, 0.15) is 11.6 Å². The molecular formula is C28H19ClF8N2. The maximum atomic E-state index is 14.9. The van der Waals surface area contributed by atoms with Crippen LogP contribution in [0.25, 0.3) is 0 Å². The van der Waals surface area contributed by atoms with Crippen LogP contribution in [0, 0.1) is 11.6 Å². The second-order valence-electron chi connectivity index (χ2n) is 8.79. The molecule has 11 heteroatoms. The van der Waals surface area contributed by atoms with Crippen molar-refractivity contribution in [2.24, 2.45) is 0 Å². The lowest BCUT2D eigenvalue weighted by Gasteiger charge is -2.36. The van der Waals surface area contributed by atoms with Gasteiger partial charge in [-0.1, -0.05) is 54.1 Å². The van der Waals surface area contributed by atoms with Crippen molar-refractivity contribution in [1.29, 1.82) is 0 Å². The van der Waals surface area contributed by atoms with Gasteiger partial charge in [0.05, 0.1) is 27.4 Å². The van der Waals surface area contributed by atoms with Crippen LogP contribution in [0.15, 0.2) is 85.1 Å². The van der Waals surface area contributed by atoms with Crippen LogP contribution >= 0.6 is 11.6 Å². The highest BCUT2D eigenvalue weighted by molar-refractivity contribution is 6.30. The Bertz CT molecular complexity index is 1440. The van der Waals surface area contributed by atoms with Gasteiger partial charge in [-0.25, -0.2) is 8.78 Å². The van der Waals surface area contributed by atoms with Crippen LogP contribution < -0.4 is 5.32 Å². The smallest absolute Gasteiger partial charge is 0.298 e. The van der Waals surface area contributed by atoms with Crippen LogP contribution in [0.3, 0.4) is 0 Å². The average Bonchev–Trinajstić information content (AvgIpc) is 2.87. The number of pyridine rings is 1. The molecule has 4 rings (SSSR count). The number of benzene rings is 3. The van der Waals surface area contributed by atoms with Gasteiger partial charge in [0.15, 0.2) is 0 Å².